The molecule has 3 rings (SSSR count). The van der Waals surface area contributed by atoms with Gasteiger partial charge in [0.2, 0.25) is 5.91 Å². The standard InChI is InChI=1S/C14H15NO4S/c16-12(15-14(13(17)18)5-6-20-8-14)10-7-19-11-4-2-1-3-9(10)11/h1-4,10H,5-8H2,(H,15,16)(H,17,18)/t10-,14+/m1/s1. The minimum Gasteiger partial charge on any atom is -0.492 e. The van der Waals surface area contributed by atoms with Gasteiger partial charge in [0.15, 0.2) is 0 Å². The van der Waals surface area contributed by atoms with Crippen LogP contribution in [0.1, 0.15) is 17.9 Å². The van der Waals surface area contributed by atoms with Crippen LogP contribution < -0.4 is 10.1 Å². The number of ether oxygens (including phenoxy) is 1. The monoisotopic (exact) mass is 293 g/mol. The van der Waals surface area contributed by atoms with Crippen LogP contribution in [0.2, 0.25) is 0 Å². The van der Waals surface area contributed by atoms with Crippen LogP contribution >= 0.6 is 11.8 Å². The second-order valence-electron chi connectivity index (χ2n) is 5.08. The van der Waals surface area contributed by atoms with Crippen LogP contribution in [0.4, 0.5) is 0 Å². The molecule has 1 fully saturated rings. The molecule has 2 heterocycles. The number of fused-ring (bicyclic) bond motifs is 1. The van der Waals surface area contributed by atoms with Crippen molar-refractivity contribution >= 4 is 23.6 Å². The molecule has 2 aliphatic rings. The highest BCUT2D eigenvalue weighted by atomic mass is 32.2. The van der Waals surface area contributed by atoms with Gasteiger partial charge in [0.25, 0.3) is 0 Å². The summed E-state index contributed by atoms with van der Waals surface area (Å²) in [5.41, 5.74) is -0.296. The molecular weight excluding hydrogens is 278 g/mol. The molecule has 2 atom stereocenters. The van der Waals surface area contributed by atoms with E-state index in [0.717, 1.165) is 11.3 Å². The third-order valence-corrected chi connectivity index (χ3v) is 5.00. The molecule has 1 saturated heterocycles. The third-order valence-electron chi connectivity index (χ3n) is 3.81. The van der Waals surface area contributed by atoms with Crippen LogP contribution in [-0.2, 0) is 9.59 Å². The minimum absolute atomic E-state index is 0.264. The number of hydrogen-bond acceptors (Lipinski definition) is 4. The Balaban J connectivity index is 1.79. The number of amides is 1. The third kappa shape index (κ3) is 2.14. The Bertz CT molecular complexity index is 554. The van der Waals surface area contributed by atoms with Crippen LogP contribution in [0.5, 0.6) is 5.75 Å². The number of nitrogens with one attached hydrogen (secondary N) is 1. The van der Waals surface area contributed by atoms with Gasteiger partial charge in [0, 0.05) is 11.3 Å². The Hall–Kier alpha value is -1.69. The summed E-state index contributed by atoms with van der Waals surface area (Å²) in [6.07, 6.45) is 0.466. The molecule has 0 radical (unpaired) electrons. The first-order valence-electron chi connectivity index (χ1n) is 6.47. The Kier molecular flexibility index (Phi) is 3.33. The number of carboxylic acids is 1. The molecule has 0 aromatic heterocycles. The van der Waals surface area contributed by atoms with Crippen molar-refractivity contribution in [1.82, 2.24) is 5.32 Å². The average Bonchev–Trinajstić information content (AvgIpc) is 3.05. The predicted octanol–water partition coefficient (Wildman–Crippen LogP) is 1.24. The smallest absolute Gasteiger partial charge is 0.330 e. The summed E-state index contributed by atoms with van der Waals surface area (Å²) in [6.45, 7) is 0.272. The molecule has 1 aromatic carbocycles. The van der Waals surface area contributed by atoms with Gasteiger partial charge in [-0.3, -0.25) is 4.79 Å². The van der Waals surface area contributed by atoms with Gasteiger partial charge in [-0.25, -0.2) is 4.79 Å². The number of thioether (sulfide) groups is 1. The van der Waals surface area contributed by atoms with Crippen molar-refractivity contribution in [2.45, 2.75) is 17.9 Å². The van der Waals surface area contributed by atoms with E-state index in [2.05, 4.69) is 5.32 Å². The molecule has 1 amide bonds. The van der Waals surface area contributed by atoms with E-state index in [1.54, 1.807) is 11.8 Å². The fourth-order valence-electron chi connectivity index (χ4n) is 2.59. The fraction of sp³-hybridized carbons (Fsp3) is 0.429. The number of rotatable bonds is 3. The lowest BCUT2D eigenvalue weighted by Gasteiger charge is -2.26. The number of hydrogen-bond donors (Lipinski definition) is 2. The molecule has 6 heteroatoms. The van der Waals surface area contributed by atoms with E-state index in [1.165, 1.54) is 0 Å². The zero-order valence-corrected chi connectivity index (χ0v) is 11.6. The first kappa shape index (κ1) is 13.3. The summed E-state index contributed by atoms with van der Waals surface area (Å²) in [5.74, 6) is 0.238. The number of aliphatic carboxylic acids is 1. The second kappa shape index (κ2) is 5.01. The predicted molar refractivity (Wildman–Crippen MR) is 75.1 cm³/mol. The highest BCUT2D eigenvalue weighted by Crippen LogP contribution is 2.35. The van der Waals surface area contributed by atoms with Gasteiger partial charge < -0.3 is 15.2 Å². The van der Waals surface area contributed by atoms with Crippen LogP contribution in [0.25, 0.3) is 0 Å². The average molecular weight is 293 g/mol. The van der Waals surface area contributed by atoms with Crippen molar-refractivity contribution in [3.05, 3.63) is 29.8 Å². The first-order chi connectivity index (χ1) is 9.62. The van der Waals surface area contributed by atoms with Gasteiger partial charge in [-0.15, -0.1) is 0 Å². The van der Waals surface area contributed by atoms with E-state index in [4.69, 9.17) is 4.74 Å². The fourth-order valence-corrected chi connectivity index (χ4v) is 3.91. The quantitative estimate of drug-likeness (QED) is 0.877. The molecule has 5 nitrogen and oxygen atoms in total. The van der Waals surface area contributed by atoms with Gasteiger partial charge >= 0.3 is 5.97 Å². The van der Waals surface area contributed by atoms with E-state index in [0.29, 0.717) is 17.9 Å². The first-order valence-corrected chi connectivity index (χ1v) is 7.63. The van der Waals surface area contributed by atoms with Gasteiger partial charge in [0.1, 0.15) is 23.8 Å². The number of carbonyl (C=O) groups excluding carboxylic acids is 1. The maximum Gasteiger partial charge on any atom is 0.330 e. The number of benzene rings is 1. The van der Waals surface area contributed by atoms with E-state index in [1.807, 2.05) is 24.3 Å². The lowest BCUT2D eigenvalue weighted by atomic mass is 9.95. The summed E-state index contributed by atoms with van der Waals surface area (Å²) in [7, 11) is 0. The molecule has 2 aliphatic heterocycles. The minimum atomic E-state index is -1.13. The molecule has 0 saturated carbocycles. The Morgan fingerprint density at radius 2 is 2.20 bits per heavy atom. The van der Waals surface area contributed by atoms with Gasteiger partial charge in [-0.2, -0.15) is 11.8 Å². The Morgan fingerprint density at radius 3 is 2.90 bits per heavy atom. The van der Waals surface area contributed by atoms with Crippen molar-refractivity contribution in [3.63, 3.8) is 0 Å². The van der Waals surface area contributed by atoms with Crippen LogP contribution in [0, 0.1) is 0 Å². The van der Waals surface area contributed by atoms with Crippen molar-refractivity contribution in [2.75, 3.05) is 18.1 Å². The van der Waals surface area contributed by atoms with E-state index in [9.17, 15) is 14.7 Å². The highest BCUT2D eigenvalue weighted by molar-refractivity contribution is 7.99. The molecular formula is C14H15NO4S. The highest BCUT2D eigenvalue weighted by Gasteiger charge is 2.45. The van der Waals surface area contributed by atoms with Crippen molar-refractivity contribution in [3.8, 4) is 5.75 Å². The van der Waals surface area contributed by atoms with Gasteiger partial charge in [-0.05, 0) is 18.2 Å². The molecule has 2 N–H and O–H groups in total. The SMILES string of the molecule is O=C(N[C@@]1(C(=O)O)CCSC1)[C@@H]1COc2ccccc21. The largest absolute Gasteiger partial charge is 0.492 e. The van der Waals surface area contributed by atoms with Crippen molar-refractivity contribution in [1.29, 1.82) is 0 Å². The molecule has 0 bridgehead atoms. The van der Waals surface area contributed by atoms with Crippen molar-refractivity contribution < 1.29 is 19.4 Å². The summed E-state index contributed by atoms with van der Waals surface area (Å²) in [6, 6.07) is 7.38. The van der Waals surface area contributed by atoms with E-state index in [-0.39, 0.29) is 12.5 Å². The maximum atomic E-state index is 12.4. The van der Waals surface area contributed by atoms with Gasteiger partial charge in [0.05, 0.1) is 0 Å². The van der Waals surface area contributed by atoms with Crippen LogP contribution in [0.3, 0.4) is 0 Å². The molecule has 20 heavy (non-hydrogen) atoms. The summed E-state index contributed by atoms with van der Waals surface area (Å²) >= 11 is 1.55. The lowest BCUT2D eigenvalue weighted by molar-refractivity contribution is -0.146. The molecule has 0 spiro atoms. The van der Waals surface area contributed by atoms with Crippen LogP contribution in [-0.4, -0.2) is 40.6 Å². The van der Waals surface area contributed by atoms with Crippen molar-refractivity contribution in [2.24, 2.45) is 0 Å². The summed E-state index contributed by atoms with van der Waals surface area (Å²) in [5, 5.41) is 12.1. The van der Waals surface area contributed by atoms with E-state index >= 15 is 0 Å². The normalized spacial score (nSPS) is 27.7. The molecule has 0 unspecified atom stereocenters. The molecule has 106 valence electrons. The zero-order valence-electron chi connectivity index (χ0n) is 10.8. The number of carbonyl (C=O) groups is 2. The topological polar surface area (TPSA) is 75.6 Å². The summed E-state index contributed by atoms with van der Waals surface area (Å²) in [4.78, 5) is 23.9. The van der Waals surface area contributed by atoms with E-state index < -0.39 is 17.4 Å². The number of para-hydroxylation sites is 1. The zero-order chi connectivity index (χ0) is 14.2. The number of carboxylic acid groups (broad SMARTS) is 1. The Labute approximate surface area is 120 Å². The molecule has 0 aliphatic carbocycles. The second-order valence-corrected chi connectivity index (χ2v) is 6.19. The molecule has 1 aromatic rings. The Morgan fingerprint density at radius 1 is 1.40 bits per heavy atom. The summed E-state index contributed by atoms with van der Waals surface area (Å²) < 4.78 is 5.48. The maximum absolute atomic E-state index is 12.4. The van der Waals surface area contributed by atoms with Crippen LogP contribution in [0.15, 0.2) is 24.3 Å². The van der Waals surface area contributed by atoms with Gasteiger partial charge in [-0.1, -0.05) is 18.2 Å². The lowest BCUT2D eigenvalue weighted by Crippen LogP contribution is -2.56.